The van der Waals surface area contributed by atoms with Gasteiger partial charge in [-0.3, -0.25) is 19.2 Å². The van der Waals surface area contributed by atoms with Crippen LogP contribution in [0.25, 0.3) is 0 Å². The lowest BCUT2D eigenvalue weighted by molar-refractivity contribution is -0.879. The maximum absolute atomic E-state index is 11.8. The first-order valence-corrected chi connectivity index (χ1v) is 10.2. The summed E-state index contributed by atoms with van der Waals surface area (Å²) >= 11 is 5.92. The van der Waals surface area contributed by atoms with Gasteiger partial charge in [-0.15, -0.1) is 0 Å². The molecule has 11 nitrogen and oxygen atoms in total. The van der Waals surface area contributed by atoms with Crippen LogP contribution < -0.4 is 24.0 Å². The first-order valence-electron chi connectivity index (χ1n) is 9.66. The number of carbonyl (C=O) groups is 4. The largest absolute Gasteiger partial charge is 1.00 e. The molecule has 0 saturated carbocycles. The minimum atomic E-state index is -1.25. The van der Waals surface area contributed by atoms with Crippen LogP contribution in [0.2, 0.25) is 0 Å². The number of nitrogens with zero attached hydrogens (tertiary/aromatic N) is 1. The zero-order chi connectivity index (χ0) is 23.8. The number of rotatable bonds is 10. The lowest BCUT2D eigenvalue weighted by Gasteiger charge is -2.44. The molecule has 1 saturated heterocycles. The van der Waals surface area contributed by atoms with E-state index < -0.39 is 54.6 Å². The second-order valence-electron chi connectivity index (χ2n) is 7.72. The molecule has 0 aromatic heterocycles. The van der Waals surface area contributed by atoms with E-state index in [1.807, 2.05) is 14.1 Å². The van der Waals surface area contributed by atoms with Crippen molar-refractivity contribution in [1.82, 2.24) is 0 Å². The summed E-state index contributed by atoms with van der Waals surface area (Å²) in [6, 6.07) is 0.335. The van der Waals surface area contributed by atoms with E-state index in [0.717, 1.165) is 13.8 Å². The minimum Gasteiger partial charge on any atom is -1.00 e. The average Bonchev–Trinajstić information content (AvgIpc) is 2.63. The first kappa shape index (κ1) is 30.8. The van der Waals surface area contributed by atoms with Crippen molar-refractivity contribution in [2.45, 2.75) is 58.4 Å². The van der Waals surface area contributed by atoms with E-state index >= 15 is 0 Å². The number of carbonyl (C=O) groups excluding carboxylic acids is 4. The van der Waals surface area contributed by atoms with Crippen LogP contribution in [-0.2, 0) is 47.6 Å². The Balaban J connectivity index is 0.00000961. The smallest absolute Gasteiger partial charge is 0.303 e. The van der Waals surface area contributed by atoms with Crippen molar-refractivity contribution in [2.24, 2.45) is 0 Å². The SMILES string of the molecule is CC(=O)OC[C@@H]1O[C@H](OCC[N+](C)(C)CCl)[C@@H](OC(C)=O)[C@H](OC(C)=O)[C@H]1OC(C)=O.[I-]. The van der Waals surface area contributed by atoms with E-state index in [0.29, 0.717) is 17.0 Å². The molecule has 0 N–H and O–H groups in total. The number of esters is 4. The van der Waals surface area contributed by atoms with Crippen molar-refractivity contribution in [3.05, 3.63) is 0 Å². The number of ether oxygens (including phenoxy) is 6. The standard InChI is InChI=1S/C19H31ClNO10.HI/c1-11(22)27-9-15-16(28-12(2)23)17(29-13(3)24)18(30-14(4)25)19(31-15)26-8-7-21(5,6)10-20;/h15-19H,7-10H2,1-6H3;1H/q+1;/p-1/t15-,16-,17+,18-,19-;/m0./s1. The van der Waals surface area contributed by atoms with Crippen molar-refractivity contribution < 1.29 is 76.1 Å². The highest BCUT2D eigenvalue weighted by molar-refractivity contribution is 6.16. The fourth-order valence-electron chi connectivity index (χ4n) is 2.80. The molecule has 1 heterocycles. The van der Waals surface area contributed by atoms with Crippen molar-refractivity contribution >= 4 is 35.5 Å². The summed E-state index contributed by atoms with van der Waals surface area (Å²) in [6.07, 6.45) is -5.91. The zero-order valence-corrected chi connectivity index (χ0v) is 21.9. The summed E-state index contributed by atoms with van der Waals surface area (Å²) in [6.45, 7) is 5.03. The van der Waals surface area contributed by atoms with Crippen LogP contribution in [-0.4, -0.2) is 98.9 Å². The van der Waals surface area contributed by atoms with E-state index in [1.165, 1.54) is 13.8 Å². The van der Waals surface area contributed by atoms with Crippen LogP contribution in [0.3, 0.4) is 0 Å². The average molecular weight is 596 g/mol. The van der Waals surface area contributed by atoms with Crippen LogP contribution in [0.15, 0.2) is 0 Å². The number of hydrogen-bond acceptors (Lipinski definition) is 10. The topological polar surface area (TPSA) is 124 Å². The van der Waals surface area contributed by atoms with Crippen molar-refractivity contribution in [3.63, 3.8) is 0 Å². The lowest BCUT2D eigenvalue weighted by atomic mass is 9.98. The predicted octanol–water partition coefficient (Wildman–Crippen LogP) is -2.64. The highest BCUT2D eigenvalue weighted by Crippen LogP contribution is 2.30. The molecule has 1 fully saturated rings. The van der Waals surface area contributed by atoms with Gasteiger partial charge in [0.15, 0.2) is 30.6 Å². The Morgan fingerprint density at radius 3 is 1.81 bits per heavy atom. The van der Waals surface area contributed by atoms with Crippen molar-refractivity contribution in [2.75, 3.05) is 39.9 Å². The van der Waals surface area contributed by atoms with Gasteiger partial charge in [0, 0.05) is 27.7 Å². The molecule has 186 valence electrons. The monoisotopic (exact) mass is 595 g/mol. The predicted molar refractivity (Wildman–Crippen MR) is 106 cm³/mol. The highest BCUT2D eigenvalue weighted by atomic mass is 127. The van der Waals surface area contributed by atoms with Gasteiger partial charge in [-0.1, -0.05) is 11.6 Å². The van der Waals surface area contributed by atoms with Crippen molar-refractivity contribution in [1.29, 1.82) is 0 Å². The normalized spacial score (nSPS) is 25.2. The second kappa shape index (κ2) is 14.1. The summed E-state index contributed by atoms with van der Waals surface area (Å²) in [5, 5.41) is 0. The van der Waals surface area contributed by atoms with Gasteiger partial charge in [0.25, 0.3) is 0 Å². The third kappa shape index (κ3) is 10.6. The van der Waals surface area contributed by atoms with Gasteiger partial charge < -0.3 is 56.9 Å². The first-order chi connectivity index (χ1) is 14.4. The van der Waals surface area contributed by atoms with Gasteiger partial charge in [-0.2, -0.15) is 0 Å². The quantitative estimate of drug-likeness (QED) is 0.0662. The lowest BCUT2D eigenvalue weighted by Crippen LogP contribution is -3.00. The van der Waals surface area contributed by atoms with E-state index in [1.54, 1.807) is 0 Å². The summed E-state index contributed by atoms with van der Waals surface area (Å²) in [7, 11) is 3.78. The van der Waals surface area contributed by atoms with Gasteiger partial charge in [0.1, 0.15) is 19.3 Å². The molecule has 32 heavy (non-hydrogen) atoms. The van der Waals surface area contributed by atoms with E-state index in [9.17, 15) is 19.2 Å². The Bertz CT molecular complexity index is 662. The summed E-state index contributed by atoms with van der Waals surface area (Å²) in [4.78, 5) is 46.4. The number of likely N-dealkylation sites (N-methyl/N-ethyl adjacent to an activating group) is 1. The third-order valence-electron chi connectivity index (χ3n) is 4.25. The van der Waals surface area contributed by atoms with Gasteiger partial charge in [0.2, 0.25) is 0 Å². The van der Waals surface area contributed by atoms with Crippen LogP contribution in [0, 0.1) is 0 Å². The fraction of sp³-hybridized carbons (Fsp3) is 0.789. The second-order valence-corrected chi connectivity index (χ2v) is 7.96. The number of quaternary nitrogens is 1. The Morgan fingerprint density at radius 2 is 1.34 bits per heavy atom. The number of alkyl halides is 1. The van der Waals surface area contributed by atoms with Gasteiger partial charge in [0.05, 0.1) is 20.7 Å². The Hall–Kier alpha value is -1.22. The molecule has 0 aromatic rings. The third-order valence-corrected chi connectivity index (χ3v) is 4.90. The van der Waals surface area contributed by atoms with Crippen molar-refractivity contribution in [3.8, 4) is 0 Å². The molecule has 0 radical (unpaired) electrons. The van der Waals surface area contributed by atoms with E-state index in [2.05, 4.69) is 0 Å². The summed E-state index contributed by atoms with van der Waals surface area (Å²) in [5.41, 5.74) is 0. The van der Waals surface area contributed by atoms with Crippen LogP contribution in [0.5, 0.6) is 0 Å². The number of halogens is 2. The summed E-state index contributed by atoms with van der Waals surface area (Å²) < 4.78 is 33.0. The molecule has 0 aromatic carbocycles. The molecule has 1 aliphatic rings. The van der Waals surface area contributed by atoms with E-state index in [4.69, 9.17) is 40.0 Å². The molecule has 0 amide bonds. The summed E-state index contributed by atoms with van der Waals surface area (Å²) in [5.74, 6) is -2.67. The van der Waals surface area contributed by atoms with Gasteiger partial charge >= 0.3 is 23.9 Å². The van der Waals surface area contributed by atoms with Crippen LogP contribution in [0.4, 0.5) is 0 Å². The molecule has 1 rings (SSSR count). The molecular formula is C19H31ClINO10. The zero-order valence-electron chi connectivity index (χ0n) is 19.0. The Morgan fingerprint density at radius 1 is 0.844 bits per heavy atom. The minimum absolute atomic E-state index is 0. The molecule has 13 heteroatoms. The van der Waals surface area contributed by atoms with Gasteiger partial charge in [-0.25, -0.2) is 0 Å². The molecule has 5 atom stereocenters. The Labute approximate surface area is 209 Å². The maximum Gasteiger partial charge on any atom is 0.303 e. The van der Waals surface area contributed by atoms with Crippen LogP contribution >= 0.6 is 11.6 Å². The molecule has 1 aliphatic heterocycles. The van der Waals surface area contributed by atoms with Gasteiger partial charge in [-0.05, 0) is 0 Å². The highest BCUT2D eigenvalue weighted by Gasteiger charge is 2.52. The van der Waals surface area contributed by atoms with Crippen LogP contribution in [0.1, 0.15) is 27.7 Å². The molecule has 0 unspecified atom stereocenters. The number of hydrogen-bond donors (Lipinski definition) is 0. The molecule has 0 spiro atoms. The maximum atomic E-state index is 11.8. The fourth-order valence-corrected chi connectivity index (χ4v) is 2.92. The van der Waals surface area contributed by atoms with E-state index in [-0.39, 0.29) is 37.2 Å². The molecular weight excluding hydrogens is 565 g/mol. The molecule has 0 bridgehead atoms. The molecule has 0 aliphatic carbocycles. The Kier molecular flexibility index (Phi) is 13.6.